The lowest BCUT2D eigenvalue weighted by Gasteiger charge is -2.38. The molecule has 104 valence electrons. The summed E-state index contributed by atoms with van der Waals surface area (Å²) in [5.41, 5.74) is 0. The number of pyridine rings is 1. The van der Waals surface area contributed by atoms with Gasteiger partial charge in [-0.1, -0.05) is 28.1 Å². The number of benzene rings is 1. The number of hydrogen-bond acceptors (Lipinski definition) is 3. The molecule has 2 bridgehead atoms. The van der Waals surface area contributed by atoms with Gasteiger partial charge in [-0.3, -0.25) is 0 Å². The smallest absolute Gasteiger partial charge is 0.136 e. The van der Waals surface area contributed by atoms with Crippen LogP contribution in [0.4, 0.5) is 5.82 Å². The van der Waals surface area contributed by atoms with Gasteiger partial charge < -0.3 is 10.0 Å². The summed E-state index contributed by atoms with van der Waals surface area (Å²) in [6, 6.07) is 9.23. The van der Waals surface area contributed by atoms with Crippen molar-refractivity contribution in [2.75, 3.05) is 4.90 Å². The van der Waals surface area contributed by atoms with Gasteiger partial charge >= 0.3 is 0 Å². The summed E-state index contributed by atoms with van der Waals surface area (Å²) in [5, 5.41) is 12.4. The third-order valence-corrected chi connectivity index (χ3v) is 5.38. The van der Waals surface area contributed by atoms with Crippen LogP contribution in [0.1, 0.15) is 25.7 Å². The van der Waals surface area contributed by atoms with Crippen molar-refractivity contribution in [3.8, 4) is 0 Å². The summed E-state index contributed by atoms with van der Waals surface area (Å²) < 4.78 is 1.11. The first kappa shape index (κ1) is 12.6. The fourth-order valence-electron chi connectivity index (χ4n) is 3.85. The standard InChI is InChI=1S/C16H17BrN2O/c17-15-3-1-2-14-13(15)6-7-18-16(14)19-10-4-5-11(19)9-12(20)8-10/h1-3,6-7,10-12,20H,4-5,8-9H2. The van der Waals surface area contributed by atoms with Crippen molar-refractivity contribution >= 4 is 32.5 Å². The molecule has 0 spiro atoms. The molecule has 0 radical (unpaired) electrons. The van der Waals surface area contributed by atoms with Crippen LogP contribution in [0.15, 0.2) is 34.9 Å². The summed E-state index contributed by atoms with van der Waals surface area (Å²) in [4.78, 5) is 7.12. The van der Waals surface area contributed by atoms with Crippen LogP contribution >= 0.6 is 15.9 Å². The number of rotatable bonds is 1. The van der Waals surface area contributed by atoms with Gasteiger partial charge in [0.25, 0.3) is 0 Å². The van der Waals surface area contributed by atoms with Crippen LogP contribution in [-0.2, 0) is 0 Å². The number of aliphatic hydroxyl groups excluding tert-OH is 1. The van der Waals surface area contributed by atoms with Crippen molar-refractivity contribution in [3.63, 3.8) is 0 Å². The van der Waals surface area contributed by atoms with Gasteiger partial charge in [0.15, 0.2) is 0 Å². The summed E-state index contributed by atoms with van der Waals surface area (Å²) in [5.74, 6) is 1.09. The van der Waals surface area contributed by atoms with Crippen molar-refractivity contribution in [1.82, 2.24) is 4.98 Å². The fraction of sp³-hybridized carbons (Fsp3) is 0.438. The molecule has 1 aromatic carbocycles. The number of halogens is 1. The van der Waals surface area contributed by atoms with Crippen LogP contribution in [0.3, 0.4) is 0 Å². The van der Waals surface area contributed by atoms with Gasteiger partial charge in [-0.15, -0.1) is 0 Å². The van der Waals surface area contributed by atoms with Gasteiger partial charge in [-0.25, -0.2) is 4.98 Å². The highest BCUT2D eigenvalue weighted by molar-refractivity contribution is 9.10. The van der Waals surface area contributed by atoms with Gasteiger partial charge in [-0.05, 0) is 37.8 Å². The number of nitrogens with zero attached hydrogens (tertiary/aromatic N) is 2. The Hall–Kier alpha value is -1.13. The highest BCUT2D eigenvalue weighted by Crippen LogP contribution is 2.41. The Labute approximate surface area is 126 Å². The number of aromatic nitrogens is 1. The molecule has 0 aliphatic carbocycles. The second kappa shape index (κ2) is 4.71. The molecule has 2 fully saturated rings. The number of fused-ring (bicyclic) bond motifs is 3. The molecule has 20 heavy (non-hydrogen) atoms. The quantitative estimate of drug-likeness (QED) is 0.868. The predicted octanol–water partition coefficient (Wildman–Crippen LogP) is 3.49. The minimum atomic E-state index is -0.134. The lowest BCUT2D eigenvalue weighted by Crippen LogP contribution is -2.45. The second-order valence-corrected chi connectivity index (χ2v) is 6.74. The molecule has 2 atom stereocenters. The van der Waals surface area contributed by atoms with E-state index in [1.54, 1.807) is 0 Å². The van der Waals surface area contributed by atoms with Gasteiger partial charge in [0.05, 0.1) is 6.10 Å². The molecule has 1 N–H and O–H groups in total. The lowest BCUT2D eigenvalue weighted by molar-refractivity contribution is 0.126. The zero-order valence-electron chi connectivity index (χ0n) is 11.2. The number of anilines is 1. The van der Waals surface area contributed by atoms with E-state index in [-0.39, 0.29) is 6.10 Å². The Kier molecular flexibility index (Phi) is 2.97. The summed E-state index contributed by atoms with van der Waals surface area (Å²) >= 11 is 3.62. The van der Waals surface area contributed by atoms with Crippen LogP contribution in [-0.4, -0.2) is 28.3 Å². The maximum Gasteiger partial charge on any atom is 0.136 e. The zero-order valence-corrected chi connectivity index (χ0v) is 12.8. The van der Waals surface area contributed by atoms with Crippen LogP contribution < -0.4 is 4.90 Å². The average Bonchev–Trinajstić information content (AvgIpc) is 2.71. The molecule has 2 unspecified atom stereocenters. The van der Waals surface area contributed by atoms with Gasteiger partial charge in [0, 0.05) is 33.5 Å². The van der Waals surface area contributed by atoms with E-state index in [0.717, 1.165) is 23.1 Å². The molecule has 3 nitrogen and oxygen atoms in total. The van der Waals surface area contributed by atoms with Crippen molar-refractivity contribution in [2.45, 2.75) is 43.9 Å². The first-order valence-electron chi connectivity index (χ1n) is 7.23. The molecule has 3 heterocycles. The highest BCUT2D eigenvalue weighted by Gasteiger charge is 2.41. The minimum Gasteiger partial charge on any atom is -0.393 e. The normalized spacial score (nSPS) is 29.1. The van der Waals surface area contributed by atoms with E-state index in [0.29, 0.717) is 12.1 Å². The van der Waals surface area contributed by atoms with Gasteiger partial charge in [-0.2, -0.15) is 0 Å². The van der Waals surface area contributed by atoms with Crippen molar-refractivity contribution < 1.29 is 5.11 Å². The molecule has 2 aromatic rings. The van der Waals surface area contributed by atoms with Crippen molar-refractivity contribution in [1.29, 1.82) is 0 Å². The first-order valence-corrected chi connectivity index (χ1v) is 8.03. The topological polar surface area (TPSA) is 36.4 Å². The molecule has 1 aromatic heterocycles. The third-order valence-electron chi connectivity index (χ3n) is 4.68. The summed E-state index contributed by atoms with van der Waals surface area (Å²) in [7, 11) is 0. The molecule has 2 aliphatic rings. The van der Waals surface area contributed by atoms with E-state index in [1.807, 2.05) is 6.20 Å². The third kappa shape index (κ3) is 1.85. The summed E-state index contributed by atoms with van der Waals surface area (Å²) in [6.45, 7) is 0. The zero-order chi connectivity index (χ0) is 13.7. The number of aliphatic hydroxyl groups is 1. The van der Waals surface area contributed by atoms with Gasteiger partial charge in [0.2, 0.25) is 0 Å². The minimum absolute atomic E-state index is 0.134. The largest absolute Gasteiger partial charge is 0.393 e. The fourth-order valence-corrected chi connectivity index (χ4v) is 4.35. The van der Waals surface area contributed by atoms with E-state index >= 15 is 0 Å². The van der Waals surface area contributed by atoms with Crippen LogP contribution in [0, 0.1) is 0 Å². The molecule has 4 heteroatoms. The molecule has 0 amide bonds. The highest BCUT2D eigenvalue weighted by atomic mass is 79.9. The predicted molar refractivity (Wildman–Crippen MR) is 84.0 cm³/mol. The Morgan fingerprint density at radius 3 is 2.60 bits per heavy atom. The first-order chi connectivity index (χ1) is 9.74. The molecule has 2 aliphatic heterocycles. The van der Waals surface area contributed by atoms with Crippen LogP contribution in [0.2, 0.25) is 0 Å². The molecule has 2 saturated heterocycles. The average molecular weight is 333 g/mol. The van der Waals surface area contributed by atoms with Gasteiger partial charge in [0.1, 0.15) is 5.82 Å². The van der Waals surface area contributed by atoms with E-state index in [4.69, 9.17) is 0 Å². The van der Waals surface area contributed by atoms with E-state index < -0.39 is 0 Å². The Balaban J connectivity index is 1.85. The van der Waals surface area contributed by atoms with Crippen molar-refractivity contribution in [2.24, 2.45) is 0 Å². The molecular formula is C16H17BrN2O. The van der Waals surface area contributed by atoms with Crippen LogP contribution in [0.5, 0.6) is 0 Å². The summed E-state index contributed by atoms with van der Waals surface area (Å²) in [6.07, 6.45) is 5.87. The molecule has 0 saturated carbocycles. The monoisotopic (exact) mass is 332 g/mol. The molecular weight excluding hydrogens is 316 g/mol. The number of piperidine rings is 1. The second-order valence-electron chi connectivity index (χ2n) is 5.89. The Morgan fingerprint density at radius 1 is 1.10 bits per heavy atom. The lowest BCUT2D eigenvalue weighted by atomic mass is 9.99. The SMILES string of the molecule is OC1CC2CCC(C1)N2c1nccc2c(Br)cccc12. The number of hydrogen-bond donors (Lipinski definition) is 1. The molecule has 4 rings (SSSR count). The van der Waals surface area contributed by atoms with Crippen LogP contribution in [0.25, 0.3) is 10.8 Å². The van der Waals surface area contributed by atoms with E-state index in [1.165, 1.54) is 23.6 Å². The Morgan fingerprint density at radius 2 is 1.85 bits per heavy atom. The van der Waals surface area contributed by atoms with E-state index in [2.05, 4.69) is 50.1 Å². The van der Waals surface area contributed by atoms with E-state index in [9.17, 15) is 5.11 Å². The maximum atomic E-state index is 9.96. The maximum absolute atomic E-state index is 9.96. The van der Waals surface area contributed by atoms with Crippen molar-refractivity contribution in [3.05, 3.63) is 34.9 Å². The Bertz CT molecular complexity index is 646.